The first-order chi connectivity index (χ1) is 6.44. The number of amidine groups is 1. The molecule has 82 valence electrons. The summed E-state index contributed by atoms with van der Waals surface area (Å²) in [5.74, 6) is 0.620. The highest BCUT2D eigenvalue weighted by atomic mass is 16.2. The lowest BCUT2D eigenvalue weighted by molar-refractivity contribution is -0.128. The number of carbonyl (C=O) groups is 1. The number of nitrogens with zero attached hydrogens (tertiary/aromatic N) is 1. The van der Waals surface area contributed by atoms with E-state index in [1.807, 2.05) is 20.8 Å². The number of nitrogens with two attached hydrogens (primary N) is 1. The second kappa shape index (κ2) is 5.62. The van der Waals surface area contributed by atoms with Gasteiger partial charge in [-0.15, -0.1) is 0 Å². The molecule has 4 nitrogen and oxygen atoms in total. The summed E-state index contributed by atoms with van der Waals surface area (Å²) in [5.41, 5.74) is 5.17. The van der Waals surface area contributed by atoms with Crippen LogP contribution >= 0.6 is 0 Å². The number of carbonyl (C=O) groups excluding carboxylic acids is 1. The Hall–Kier alpha value is -1.06. The number of hydrogen-bond acceptors (Lipinski definition) is 2. The van der Waals surface area contributed by atoms with Gasteiger partial charge in [0.15, 0.2) is 0 Å². The highest BCUT2D eigenvalue weighted by Crippen LogP contribution is 2.15. The largest absolute Gasteiger partial charge is 0.387 e. The molecule has 0 saturated carbocycles. The lowest BCUT2D eigenvalue weighted by atomic mass is 9.92. The minimum Gasteiger partial charge on any atom is -0.387 e. The molecule has 0 aliphatic carbocycles. The van der Waals surface area contributed by atoms with Crippen molar-refractivity contribution >= 4 is 11.7 Å². The van der Waals surface area contributed by atoms with Gasteiger partial charge in [0, 0.05) is 13.5 Å². The molecule has 0 heterocycles. The molecule has 1 amide bonds. The van der Waals surface area contributed by atoms with Crippen LogP contribution in [-0.2, 0) is 4.79 Å². The van der Waals surface area contributed by atoms with Crippen LogP contribution in [0.5, 0.6) is 0 Å². The van der Waals surface area contributed by atoms with Crippen LogP contribution in [0.1, 0.15) is 33.6 Å². The molecule has 0 bridgehead atoms. The second-order valence-corrected chi connectivity index (χ2v) is 4.02. The van der Waals surface area contributed by atoms with E-state index >= 15 is 0 Å². The van der Waals surface area contributed by atoms with Gasteiger partial charge in [-0.2, -0.15) is 0 Å². The van der Waals surface area contributed by atoms with E-state index in [1.165, 1.54) is 0 Å². The molecule has 0 atom stereocenters. The van der Waals surface area contributed by atoms with Crippen LogP contribution in [0.15, 0.2) is 4.99 Å². The second-order valence-electron chi connectivity index (χ2n) is 4.02. The number of rotatable bonds is 5. The summed E-state index contributed by atoms with van der Waals surface area (Å²) in [4.78, 5) is 15.6. The molecule has 0 radical (unpaired) electrons. The third-order valence-corrected chi connectivity index (χ3v) is 2.03. The summed E-state index contributed by atoms with van der Waals surface area (Å²) >= 11 is 0. The molecular weight excluding hydrogens is 178 g/mol. The Morgan fingerprint density at radius 2 is 2.07 bits per heavy atom. The third-order valence-electron chi connectivity index (χ3n) is 2.03. The van der Waals surface area contributed by atoms with Gasteiger partial charge in [0.25, 0.3) is 0 Å². The number of nitrogens with one attached hydrogen (secondary N) is 1. The van der Waals surface area contributed by atoms with Crippen molar-refractivity contribution in [2.24, 2.45) is 16.1 Å². The van der Waals surface area contributed by atoms with Crippen LogP contribution in [-0.4, -0.2) is 25.3 Å². The van der Waals surface area contributed by atoms with Gasteiger partial charge in [0.1, 0.15) is 0 Å². The highest BCUT2D eigenvalue weighted by Gasteiger charge is 2.25. The van der Waals surface area contributed by atoms with Crippen LogP contribution in [0.2, 0.25) is 0 Å². The average molecular weight is 199 g/mol. The Labute approximate surface area is 86.0 Å². The summed E-state index contributed by atoms with van der Waals surface area (Å²) in [5, 5.41) is 2.61. The van der Waals surface area contributed by atoms with Gasteiger partial charge in [-0.1, -0.05) is 6.92 Å². The predicted molar refractivity (Wildman–Crippen MR) is 59.2 cm³/mol. The molecule has 0 spiro atoms. The molecule has 0 rings (SSSR count). The standard InChI is InChI=1S/C10H21N3O/c1-5-6-8(11)13-7-10(2,3)9(14)12-4/h5-7H2,1-4H3,(H2,11,13)(H,12,14). The van der Waals surface area contributed by atoms with Crippen molar-refractivity contribution in [2.45, 2.75) is 33.6 Å². The lowest BCUT2D eigenvalue weighted by Gasteiger charge is -2.20. The molecule has 0 aromatic heterocycles. The van der Waals surface area contributed by atoms with E-state index in [9.17, 15) is 4.79 Å². The van der Waals surface area contributed by atoms with Crippen LogP contribution in [0.4, 0.5) is 0 Å². The van der Waals surface area contributed by atoms with Gasteiger partial charge in [-0.05, 0) is 20.3 Å². The van der Waals surface area contributed by atoms with Crippen molar-refractivity contribution < 1.29 is 4.79 Å². The zero-order valence-electron chi connectivity index (χ0n) is 9.55. The SMILES string of the molecule is CCCC(N)=NCC(C)(C)C(=O)NC. The fourth-order valence-electron chi connectivity index (χ4n) is 1.04. The first-order valence-corrected chi connectivity index (χ1v) is 4.95. The van der Waals surface area contributed by atoms with E-state index in [1.54, 1.807) is 7.05 Å². The minimum absolute atomic E-state index is 0.00875. The zero-order valence-corrected chi connectivity index (χ0v) is 9.55. The Kier molecular flexibility index (Phi) is 5.20. The maximum atomic E-state index is 11.4. The number of amides is 1. The van der Waals surface area contributed by atoms with Crippen molar-refractivity contribution in [3.63, 3.8) is 0 Å². The number of hydrogen-bond donors (Lipinski definition) is 2. The lowest BCUT2D eigenvalue weighted by Crippen LogP contribution is -2.37. The fraction of sp³-hybridized carbons (Fsp3) is 0.800. The average Bonchev–Trinajstić information content (AvgIpc) is 2.14. The molecule has 4 heteroatoms. The zero-order chi connectivity index (χ0) is 11.2. The van der Waals surface area contributed by atoms with Crippen LogP contribution < -0.4 is 11.1 Å². The van der Waals surface area contributed by atoms with Gasteiger partial charge in [0.2, 0.25) is 5.91 Å². The van der Waals surface area contributed by atoms with Gasteiger partial charge < -0.3 is 11.1 Å². The molecule has 0 aromatic rings. The molecule has 0 aliphatic rings. The van der Waals surface area contributed by atoms with Gasteiger partial charge in [-0.3, -0.25) is 9.79 Å². The summed E-state index contributed by atoms with van der Waals surface area (Å²) in [6.45, 7) is 6.20. The van der Waals surface area contributed by atoms with E-state index < -0.39 is 5.41 Å². The Morgan fingerprint density at radius 3 is 2.50 bits per heavy atom. The van der Waals surface area contributed by atoms with Gasteiger partial charge in [0.05, 0.1) is 17.8 Å². The molecule has 0 unspecified atom stereocenters. The maximum absolute atomic E-state index is 11.4. The molecular formula is C10H21N3O. The van der Waals surface area contributed by atoms with E-state index in [4.69, 9.17) is 5.73 Å². The van der Waals surface area contributed by atoms with Crippen molar-refractivity contribution in [3.05, 3.63) is 0 Å². The van der Waals surface area contributed by atoms with Crippen LogP contribution in [0.25, 0.3) is 0 Å². The molecule has 0 aromatic carbocycles. The van der Waals surface area contributed by atoms with E-state index in [-0.39, 0.29) is 5.91 Å². The smallest absolute Gasteiger partial charge is 0.227 e. The number of aliphatic imine (C=N–C) groups is 1. The Bertz CT molecular complexity index is 221. The van der Waals surface area contributed by atoms with E-state index in [0.717, 1.165) is 12.8 Å². The topological polar surface area (TPSA) is 67.5 Å². The third kappa shape index (κ3) is 4.25. The van der Waals surface area contributed by atoms with E-state index in [0.29, 0.717) is 12.4 Å². The quantitative estimate of drug-likeness (QED) is 0.510. The van der Waals surface area contributed by atoms with Crippen LogP contribution in [0, 0.1) is 5.41 Å². The summed E-state index contributed by atoms with van der Waals surface area (Å²) in [6.07, 6.45) is 1.78. The Balaban J connectivity index is 4.23. The first kappa shape index (κ1) is 12.9. The predicted octanol–water partition coefficient (Wildman–Crippen LogP) is 0.916. The summed E-state index contributed by atoms with van der Waals surface area (Å²) in [6, 6.07) is 0. The fourth-order valence-corrected chi connectivity index (χ4v) is 1.04. The molecule has 0 aliphatic heterocycles. The van der Waals surface area contributed by atoms with E-state index in [2.05, 4.69) is 10.3 Å². The van der Waals surface area contributed by atoms with Crippen molar-refractivity contribution in [1.29, 1.82) is 0 Å². The first-order valence-electron chi connectivity index (χ1n) is 4.95. The maximum Gasteiger partial charge on any atom is 0.227 e. The molecule has 3 N–H and O–H groups in total. The van der Waals surface area contributed by atoms with Gasteiger partial charge >= 0.3 is 0 Å². The summed E-state index contributed by atoms with van der Waals surface area (Å²) < 4.78 is 0. The molecule has 14 heavy (non-hydrogen) atoms. The molecule has 0 saturated heterocycles. The van der Waals surface area contributed by atoms with Crippen molar-refractivity contribution in [1.82, 2.24) is 5.32 Å². The normalized spacial score (nSPS) is 12.7. The Morgan fingerprint density at radius 1 is 1.50 bits per heavy atom. The minimum atomic E-state index is -0.479. The van der Waals surface area contributed by atoms with Gasteiger partial charge in [-0.25, -0.2) is 0 Å². The monoisotopic (exact) mass is 199 g/mol. The highest BCUT2D eigenvalue weighted by molar-refractivity contribution is 5.83. The molecule has 0 fully saturated rings. The van der Waals surface area contributed by atoms with Crippen molar-refractivity contribution in [2.75, 3.05) is 13.6 Å². The summed E-state index contributed by atoms with van der Waals surface area (Å²) in [7, 11) is 1.63. The van der Waals surface area contributed by atoms with Crippen LogP contribution in [0.3, 0.4) is 0 Å². The van der Waals surface area contributed by atoms with Crippen molar-refractivity contribution in [3.8, 4) is 0 Å².